The summed E-state index contributed by atoms with van der Waals surface area (Å²) in [4.78, 5) is 35.6. The number of aryl methyl sites for hydroxylation is 1. The third-order valence-electron chi connectivity index (χ3n) is 3.83. The second-order valence-corrected chi connectivity index (χ2v) is 6.68. The lowest BCUT2D eigenvalue weighted by Crippen LogP contribution is -2.37. The number of hydrogen-bond acceptors (Lipinski definition) is 3. The molecule has 0 aromatic heterocycles. The Hall–Kier alpha value is -1.80. The minimum Gasteiger partial charge on any atom is -0.355 e. The first-order chi connectivity index (χ1) is 12.1. The average molecular weight is 411 g/mol. The third kappa shape index (κ3) is 5.35. The van der Waals surface area contributed by atoms with Crippen LogP contribution in [0.5, 0.6) is 0 Å². The van der Waals surface area contributed by atoms with E-state index in [2.05, 4.69) is 5.32 Å². The number of alkyl halides is 3. The maximum absolute atomic E-state index is 12.4. The Balaban J connectivity index is 1.81. The van der Waals surface area contributed by atoms with Crippen LogP contribution < -0.4 is 5.32 Å². The van der Waals surface area contributed by atoms with Crippen LogP contribution >= 0.6 is 23.2 Å². The smallest absolute Gasteiger partial charge is 0.355 e. The molecule has 5 nitrogen and oxygen atoms in total. The van der Waals surface area contributed by atoms with Gasteiger partial charge in [0.2, 0.25) is 11.7 Å². The van der Waals surface area contributed by atoms with Crippen LogP contribution in [0.2, 0.25) is 10.0 Å². The van der Waals surface area contributed by atoms with Gasteiger partial charge in [-0.25, -0.2) is 0 Å². The highest BCUT2D eigenvalue weighted by molar-refractivity contribution is 6.42. The van der Waals surface area contributed by atoms with Crippen LogP contribution in [0.25, 0.3) is 0 Å². The summed E-state index contributed by atoms with van der Waals surface area (Å²) in [6.45, 7) is -1.90. The number of ketones is 1. The first-order valence-electron chi connectivity index (χ1n) is 7.70. The van der Waals surface area contributed by atoms with Gasteiger partial charge in [-0.2, -0.15) is 13.2 Å². The Bertz CT molecular complexity index is 725. The van der Waals surface area contributed by atoms with Crippen LogP contribution in [-0.4, -0.2) is 48.3 Å². The van der Waals surface area contributed by atoms with E-state index >= 15 is 0 Å². The van der Waals surface area contributed by atoms with Crippen molar-refractivity contribution >= 4 is 40.8 Å². The van der Waals surface area contributed by atoms with Gasteiger partial charge in [-0.1, -0.05) is 29.3 Å². The zero-order chi connectivity index (χ0) is 19.5. The van der Waals surface area contributed by atoms with Gasteiger partial charge in [0.15, 0.2) is 0 Å². The molecule has 1 unspecified atom stereocenters. The fourth-order valence-electron chi connectivity index (χ4n) is 2.57. The molecule has 0 aliphatic carbocycles. The molecule has 1 N–H and O–H groups in total. The topological polar surface area (TPSA) is 66.5 Å². The van der Waals surface area contributed by atoms with E-state index in [1.807, 2.05) is 0 Å². The van der Waals surface area contributed by atoms with Gasteiger partial charge >= 0.3 is 6.18 Å². The number of carbonyl (C=O) groups excluding carboxylic acids is 3. The molecule has 2 rings (SSSR count). The molecular formula is C16H15Cl2F3N2O3. The number of carbonyl (C=O) groups is 3. The van der Waals surface area contributed by atoms with E-state index in [1.165, 1.54) is 0 Å². The summed E-state index contributed by atoms with van der Waals surface area (Å²) in [5.74, 6) is -4.55. The second kappa shape index (κ2) is 8.26. The molecule has 1 aromatic rings. The number of Topliss-reactive ketones (excluding diaryl/α,β-unsaturated/α-hetero) is 1. The van der Waals surface area contributed by atoms with Crippen LogP contribution in [0.1, 0.15) is 12.0 Å². The molecule has 10 heteroatoms. The van der Waals surface area contributed by atoms with E-state index in [-0.39, 0.29) is 6.54 Å². The van der Waals surface area contributed by atoms with E-state index in [0.29, 0.717) is 27.8 Å². The Morgan fingerprint density at radius 1 is 1.23 bits per heavy atom. The normalized spacial score (nSPS) is 17.7. The molecule has 1 fully saturated rings. The number of amides is 2. The van der Waals surface area contributed by atoms with E-state index in [4.69, 9.17) is 23.2 Å². The Labute approximate surface area is 157 Å². The lowest BCUT2D eigenvalue weighted by atomic mass is 10.1. The largest absolute Gasteiger partial charge is 0.406 e. The number of nitrogens with zero attached hydrogens (tertiary/aromatic N) is 1. The maximum atomic E-state index is 12.4. The van der Waals surface area contributed by atoms with Crippen molar-refractivity contribution in [2.45, 2.75) is 19.0 Å². The molecule has 0 spiro atoms. The third-order valence-corrected chi connectivity index (χ3v) is 4.57. The van der Waals surface area contributed by atoms with Gasteiger partial charge in [0.25, 0.3) is 5.91 Å². The predicted octanol–water partition coefficient (Wildman–Crippen LogP) is 2.63. The number of nitrogens with one attached hydrogen (secondary N) is 1. The van der Waals surface area contributed by atoms with Crippen LogP contribution in [0.3, 0.4) is 0 Å². The molecule has 1 aliphatic heterocycles. The van der Waals surface area contributed by atoms with Gasteiger partial charge in [-0.05, 0) is 30.5 Å². The van der Waals surface area contributed by atoms with Crippen LogP contribution in [0.15, 0.2) is 18.2 Å². The number of likely N-dealkylation sites (tertiary alicyclic amines) is 1. The summed E-state index contributed by atoms with van der Waals surface area (Å²) in [5.41, 5.74) is 0.900. The summed E-state index contributed by atoms with van der Waals surface area (Å²) >= 11 is 11.7. The first kappa shape index (κ1) is 20.5. The van der Waals surface area contributed by atoms with Crippen molar-refractivity contribution < 1.29 is 27.6 Å². The molecule has 1 aromatic carbocycles. The highest BCUT2D eigenvalue weighted by Crippen LogP contribution is 2.23. The number of rotatable bonds is 6. The predicted molar refractivity (Wildman–Crippen MR) is 88.9 cm³/mol. The molecule has 1 atom stereocenters. The molecule has 0 bridgehead atoms. The van der Waals surface area contributed by atoms with Crippen molar-refractivity contribution in [3.63, 3.8) is 0 Å². The van der Waals surface area contributed by atoms with E-state index in [1.54, 1.807) is 18.2 Å². The first-order valence-corrected chi connectivity index (χ1v) is 8.45. The minimum atomic E-state index is -4.62. The molecule has 1 heterocycles. The number of halogens is 5. The standard InChI is InChI=1S/C16H15Cl2F3N2O3/c17-11-4-3-9(6-12(11)18)2-1-5-22-14(25)10-7-23(8-16(19,20)21)15(26)13(10)24/h3-4,6,10H,1-2,5,7-8H2,(H,22,25). The van der Waals surface area contributed by atoms with Gasteiger partial charge in [0, 0.05) is 13.1 Å². The number of benzene rings is 1. The number of hydrogen-bond donors (Lipinski definition) is 1. The quantitative estimate of drug-likeness (QED) is 0.445. The zero-order valence-electron chi connectivity index (χ0n) is 13.4. The summed E-state index contributed by atoms with van der Waals surface area (Å²) in [5, 5.41) is 3.31. The summed E-state index contributed by atoms with van der Waals surface area (Å²) < 4.78 is 37.1. The van der Waals surface area contributed by atoms with Gasteiger partial charge in [-0.3, -0.25) is 14.4 Å². The lowest BCUT2D eigenvalue weighted by Gasteiger charge is -2.17. The molecular weight excluding hydrogens is 396 g/mol. The summed E-state index contributed by atoms with van der Waals surface area (Å²) in [6, 6.07) is 5.12. The van der Waals surface area contributed by atoms with E-state index in [9.17, 15) is 27.6 Å². The maximum Gasteiger partial charge on any atom is 0.406 e. The van der Waals surface area contributed by atoms with Crippen molar-refractivity contribution in [1.29, 1.82) is 0 Å². The Morgan fingerprint density at radius 2 is 1.92 bits per heavy atom. The minimum absolute atomic E-state index is 0.205. The second-order valence-electron chi connectivity index (χ2n) is 5.86. The van der Waals surface area contributed by atoms with Gasteiger partial charge in [-0.15, -0.1) is 0 Å². The lowest BCUT2D eigenvalue weighted by molar-refractivity contribution is -0.159. The summed E-state index contributed by atoms with van der Waals surface area (Å²) in [6.07, 6.45) is -3.53. The van der Waals surface area contributed by atoms with Crippen molar-refractivity contribution in [3.8, 4) is 0 Å². The molecule has 1 aliphatic rings. The Morgan fingerprint density at radius 3 is 2.54 bits per heavy atom. The monoisotopic (exact) mass is 410 g/mol. The van der Waals surface area contributed by atoms with E-state index in [0.717, 1.165) is 5.56 Å². The van der Waals surface area contributed by atoms with E-state index < -0.39 is 42.8 Å². The fourth-order valence-corrected chi connectivity index (χ4v) is 2.89. The molecule has 2 amide bonds. The van der Waals surface area contributed by atoms with Crippen LogP contribution in [0.4, 0.5) is 13.2 Å². The molecule has 26 heavy (non-hydrogen) atoms. The highest BCUT2D eigenvalue weighted by atomic mass is 35.5. The van der Waals surface area contributed by atoms with Crippen molar-refractivity contribution in [3.05, 3.63) is 33.8 Å². The SMILES string of the molecule is O=C(NCCCc1ccc(Cl)c(Cl)c1)C1CN(CC(F)(F)F)C(=O)C1=O. The Kier molecular flexibility index (Phi) is 6.52. The van der Waals surface area contributed by atoms with Crippen molar-refractivity contribution in [2.24, 2.45) is 5.92 Å². The molecule has 142 valence electrons. The van der Waals surface area contributed by atoms with Crippen molar-refractivity contribution in [2.75, 3.05) is 19.6 Å². The van der Waals surface area contributed by atoms with Crippen LogP contribution in [-0.2, 0) is 20.8 Å². The average Bonchev–Trinajstić information content (AvgIpc) is 2.81. The zero-order valence-corrected chi connectivity index (χ0v) is 14.9. The van der Waals surface area contributed by atoms with Gasteiger partial charge in [0.05, 0.1) is 10.0 Å². The van der Waals surface area contributed by atoms with Gasteiger partial charge < -0.3 is 10.2 Å². The van der Waals surface area contributed by atoms with Crippen LogP contribution in [0, 0.1) is 5.92 Å². The summed E-state index contributed by atoms with van der Waals surface area (Å²) in [7, 11) is 0. The van der Waals surface area contributed by atoms with Gasteiger partial charge in [0.1, 0.15) is 12.5 Å². The molecule has 0 radical (unpaired) electrons. The molecule has 1 saturated heterocycles. The fraction of sp³-hybridized carbons (Fsp3) is 0.438. The van der Waals surface area contributed by atoms with Crippen molar-refractivity contribution in [1.82, 2.24) is 10.2 Å². The highest BCUT2D eigenvalue weighted by Gasteiger charge is 2.46. The molecule has 0 saturated carbocycles.